The maximum atomic E-state index is 11.0. The highest BCUT2D eigenvalue weighted by atomic mass is 16.6. The van der Waals surface area contributed by atoms with Crippen molar-refractivity contribution in [3.8, 4) is 0 Å². The fourth-order valence-electron chi connectivity index (χ4n) is 2.47. The van der Waals surface area contributed by atoms with E-state index in [0.717, 1.165) is 18.4 Å². The standard InChI is InChI=1S/C16H26N2O2/c1-3-4-5-6-7-11-15(17-2)13-14-10-8-9-12-16(14)18(19)20/h8-10,12,15,17H,3-7,11,13H2,1-2H3. The third kappa shape index (κ3) is 5.70. The fraction of sp³-hybridized carbons (Fsp3) is 0.625. The molecule has 0 aromatic heterocycles. The zero-order valence-electron chi connectivity index (χ0n) is 12.6. The molecular weight excluding hydrogens is 252 g/mol. The second-order valence-corrected chi connectivity index (χ2v) is 5.28. The summed E-state index contributed by atoms with van der Waals surface area (Å²) in [4.78, 5) is 10.7. The van der Waals surface area contributed by atoms with Gasteiger partial charge >= 0.3 is 0 Å². The number of likely N-dealkylation sites (N-methyl/N-ethyl adjacent to an activating group) is 1. The van der Waals surface area contributed by atoms with Gasteiger partial charge in [-0.25, -0.2) is 0 Å². The van der Waals surface area contributed by atoms with Crippen LogP contribution in [-0.2, 0) is 6.42 Å². The van der Waals surface area contributed by atoms with E-state index >= 15 is 0 Å². The molecule has 0 saturated carbocycles. The SMILES string of the molecule is CCCCCCCC(Cc1ccccc1[N+](=O)[O-])NC. The summed E-state index contributed by atoms with van der Waals surface area (Å²) in [5.74, 6) is 0. The van der Waals surface area contributed by atoms with E-state index in [1.165, 1.54) is 32.1 Å². The van der Waals surface area contributed by atoms with Crippen molar-refractivity contribution in [3.05, 3.63) is 39.9 Å². The number of nitrogens with one attached hydrogen (secondary N) is 1. The molecule has 1 aromatic carbocycles. The van der Waals surface area contributed by atoms with Gasteiger partial charge in [0.2, 0.25) is 0 Å². The van der Waals surface area contributed by atoms with Crippen molar-refractivity contribution in [1.29, 1.82) is 0 Å². The van der Waals surface area contributed by atoms with Crippen molar-refractivity contribution in [3.63, 3.8) is 0 Å². The minimum atomic E-state index is -0.288. The first-order chi connectivity index (χ1) is 9.69. The normalized spacial score (nSPS) is 12.3. The second kappa shape index (κ2) is 9.48. The Bertz CT molecular complexity index is 407. The molecule has 1 rings (SSSR count). The Morgan fingerprint density at radius 2 is 1.90 bits per heavy atom. The number of rotatable bonds is 10. The van der Waals surface area contributed by atoms with Crippen LogP contribution in [0.1, 0.15) is 51.0 Å². The minimum Gasteiger partial charge on any atom is -0.317 e. The van der Waals surface area contributed by atoms with Gasteiger partial charge in [-0.2, -0.15) is 0 Å². The van der Waals surface area contributed by atoms with Crippen molar-refractivity contribution in [1.82, 2.24) is 5.32 Å². The molecule has 1 atom stereocenters. The van der Waals surface area contributed by atoms with E-state index in [1.54, 1.807) is 12.1 Å². The lowest BCUT2D eigenvalue weighted by atomic mass is 9.99. The van der Waals surface area contributed by atoms with Crippen LogP contribution >= 0.6 is 0 Å². The summed E-state index contributed by atoms with van der Waals surface area (Å²) in [6.45, 7) is 2.21. The Morgan fingerprint density at radius 1 is 1.20 bits per heavy atom. The van der Waals surface area contributed by atoms with Crippen LogP contribution in [0.3, 0.4) is 0 Å². The molecule has 0 aliphatic heterocycles. The molecule has 1 unspecified atom stereocenters. The van der Waals surface area contributed by atoms with E-state index in [0.29, 0.717) is 6.04 Å². The number of benzene rings is 1. The summed E-state index contributed by atoms with van der Waals surface area (Å²) in [5, 5.41) is 14.3. The van der Waals surface area contributed by atoms with E-state index < -0.39 is 0 Å². The van der Waals surface area contributed by atoms with Gasteiger partial charge in [0, 0.05) is 17.7 Å². The monoisotopic (exact) mass is 278 g/mol. The molecule has 0 radical (unpaired) electrons. The maximum Gasteiger partial charge on any atom is 0.272 e. The van der Waals surface area contributed by atoms with Crippen LogP contribution < -0.4 is 5.32 Å². The second-order valence-electron chi connectivity index (χ2n) is 5.28. The van der Waals surface area contributed by atoms with Crippen LogP contribution in [0.15, 0.2) is 24.3 Å². The maximum absolute atomic E-state index is 11.0. The Kier molecular flexibility index (Phi) is 7.88. The van der Waals surface area contributed by atoms with E-state index in [9.17, 15) is 10.1 Å². The number of unbranched alkanes of at least 4 members (excludes halogenated alkanes) is 4. The first-order valence-corrected chi connectivity index (χ1v) is 7.58. The number of nitrogens with zero attached hydrogens (tertiary/aromatic N) is 1. The van der Waals surface area contributed by atoms with E-state index in [4.69, 9.17) is 0 Å². The third-order valence-electron chi connectivity index (χ3n) is 3.72. The summed E-state index contributed by atoms with van der Waals surface area (Å²) >= 11 is 0. The van der Waals surface area contributed by atoms with Gasteiger partial charge in [-0.15, -0.1) is 0 Å². The molecule has 112 valence electrons. The molecule has 0 bridgehead atoms. The predicted molar refractivity (Wildman–Crippen MR) is 83.0 cm³/mol. The van der Waals surface area contributed by atoms with Crippen LogP contribution in [0, 0.1) is 10.1 Å². The van der Waals surface area contributed by atoms with Gasteiger partial charge in [0.15, 0.2) is 0 Å². The Morgan fingerprint density at radius 3 is 2.55 bits per heavy atom. The Hall–Kier alpha value is -1.42. The van der Waals surface area contributed by atoms with Crippen LogP contribution in [0.2, 0.25) is 0 Å². The molecule has 0 aliphatic rings. The average Bonchev–Trinajstić information content (AvgIpc) is 2.46. The first kappa shape index (κ1) is 16.6. The van der Waals surface area contributed by atoms with Crippen molar-refractivity contribution in [2.75, 3.05) is 7.05 Å². The molecular formula is C16H26N2O2. The lowest BCUT2D eigenvalue weighted by molar-refractivity contribution is -0.385. The van der Waals surface area contributed by atoms with Crippen LogP contribution in [0.25, 0.3) is 0 Å². The number of hydrogen-bond donors (Lipinski definition) is 1. The van der Waals surface area contributed by atoms with Gasteiger partial charge in [0.25, 0.3) is 5.69 Å². The number of hydrogen-bond acceptors (Lipinski definition) is 3. The summed E-state index contributed by atoms with van der Waals surface area (Å²) in [6.07, 6.45) is 8.08. The lowest BCUT2D eigenvalue weighted by Gasteiger charge is -2.16. The first-order valence-electron chi connectivity index (χ1n) is 7.58. The van der Waals surface area contributed by atoms with Gasteiger partial charge in [-0.1, -0.05) is 57.2 Å². The van der Waals surface area contributed by atoms with Crippen LogP contribution in [-0.4, -0.2) is 18.0 Å². The number of para-hydroxylation sites is 1. The molecule has 0 fully saturated rings. The summed E-state index contributed by atoms with van der Waals surface area (Å²) in [7, 11) is 1.94. The molecule has 4 nitrogen and oxygen atoms in total. The largest absolute Gasteiger partial charge is 0.317 e. The molecule has 0 aliphatic carbocycles. The number of nitro benzene ring substituents is 1. The van der Waals surface area contributed by atoms with Crippen molar-refractivity contribution >= 4 is 5.69 Å². The van der Waals surface area contributed by atoms with E-state index in [1.807, 2.05) is 19.2 Å². The minimum absolute atomic E-state index is 0.235. The molecule has 0 heterocycles. The van der Waals surface area contributed by atoms with Crippen molar-refractivity contribution in [2.24, 2.45) is 0 Å². The summed E-state index contributed by atoms with van der Waals surface area (Å²) < 4.78 is 0. The van der Waals surface area contributed by atoms with E-state index in [2.05, 4.69) is 12.2 Å². The quantitative estimate of drug-likeness (QED) is 0.398. The topological polar surface area (TPSA) is 55.2 Å². The molecule has 0 saturated heterocycles. The highest BCUT2D eigenvalue weighted by Crippen LogP contribution is 2.20. The zero-order chi connectivity index (χ0) is 14.8. The predicted octanol–water partition coefficient (Wildman–Crippen LogP) is 4.09. The highest BCUT2D eigenvalue weighted by molar-refractivity contribution is 5.40. The van der Waals surface area contributed by atoms with Crippen molar-refractivity contribution in [2.45, 2.75) is 57.9 Å². The van der Waals surface area contributed by atoms with Gasteiger partial charge in [-0.05, 0) is 19.9 Å². The highest BCUT2D eigenvalue weighted by Gasteiger charge is 2.16. The smallest absolute Gasteiger partial charge is 0.272 e. The summed E-state index contributed by atoms with van der Waals surface area (Å²) in [5.41, 5.74) is 1.06. The van der Waals surface area contributed by atoms with Gasteiger partial charge in [0.05, 0.1) is 4.92 Å². The van der Waals surface area contributed by atoms with Gasteiger partial charge in [-0.3, -0.25) is 10.1 Å². The van der Waals surface area contributed by atoms with Crippen LogP contribution in [0.5, 0.6) is 0 Å². The fourth-order valence-corrected chi connectivity index (χ4v) is 2.47. The van der Waals surface area contributed by atoms with Gasteiger partial charge in [0.1, 0.15) is 0 Å². The van der Waals surface area contributed by atoms with Crippen LogP contribution in [0.4, 0.5) is 5.69 Å². The average molecular weight is 278 g/mol. The summed E-state index contributed by atoms with van der Waals surface area (Å²) in [6, 6.07) is 7.36. The Labute approximate surface area is 121 Å². The molecule has 20 heavy (non-hydrogen) atoms. The van der Waals surface area contributed by atoms with Gasteiger partial charge < -0.3 is 5.32 Å². The molecule has 4 heteroatoms. The molecule has 0 amide bonds. The van der Waals surface area contributed by atoms with Crippen molar-refractivity contribution < 1.29 is 4.92 Å². The Balaban J connectivity index is 2.49. The third-order valence-corrected chi connectivity index (χ3v) is 3.72. The lowest BCUT2D eigenvalue weighted by Crippen LogP contribution is -2.27. The molecule has 1 aromatic rings. The van der Waals surface area contributed by atoms with E-state index in [-0.39, 0.29) is 10.6 Å². The zero-order valence-corrected chi connectivity index (χ0v) is 12.6. The number of nitro groups is 1. The molecule has 1 N–H and O–H groups in total. The molecule has 0 spiro atoms.